The van der Waals surface area contributed by atoms with E-state index in [1.807, 2.05) is 24.3 Å². The lowest BCUT2D eigenvalue weighted by molar-refractivity contribution is 0.574. The minimum absolute atomic E-state index is 0.276. The summed E-state index contributed by atoms with van der Waals surface area (Å²) in [6.45, 7) is 2.63. The van der Waals surface area contributed by atoms with Crippen molar-refractivity contribution < 1.29 is 8.78 Å². The Balaban J connectivity index is 2.23. The first-order valence-corrected chi connectivity index (χ1v) is 6.33. The molecular formula is C16H17F2N. The minimum atomic E-state index is -0.549. The molecule has 19 heavy (non-hydrogen) atoms. The maximum absolute atomic E-state index is 13.6. The fourth-order valence-electron chi connectivity index (χ4n) is 2.03. The van der Waals surface area contributed by atoms with Gasteiger partial charge in [-0.2, -0.15) is 0 Å². The summed E-state index contributed by atoms with van der Waals surface area (Å²) in [7, 11) is 0. The van der Waals surface area contributed by atoms with Crippen LogP contribution in [-0.4, -0.2) is 6.54 Å². The molecule has 100 valence electrons. The Morgan fingerprint density at radius 1 is 1.11 bits per heavy atom. The van der Waals surface area contributed by atoms with E-state index in [9.17, 15) is 8.78 Å². The van der Waals surface area contributed by atoms with Crippen LogP contribution in [0.4, 0.5) is 8.78 Å². The van der Waals surface area contributed by atoms with Gasteiger partial charge in [0.1, 0.15) is 11.6 Å². The van der Waals surface area contributed by atoms with Gasteiger partial charge in [-0.1, -0.05) is 37.3 Å². The van der Waals surface area contributed by atoms with E-state index in [-0.39, 0.29) is 5.92 Å². The molecule has 1 unspecified atom stereocenters. The van der Waals surface area contributed by atoms with Crippen molar-refractivity contribution in [2.75, 3.05) is 6.54 Å². The molecule has 2 rings (SSSR count). The molecule has 0 aliphatic heterocycles. The molecule has 1 atom stereocenters. The molecule has 0 heterocycles. The van der Waals surface area contributed by atoms with Crippen molar-refractivity contribution in [3.63, 3.8) is 0 Å². The smallest absolute Gasteiger partial charge is 0.129 e. The molecule has 2 aromatic rings. The van der Waals surface area contributed by atoms with E-state index in [4.69, 9.17) is 5.73 Å². The second-order valence-electron chi connectivity index (χ2n) is 4.79. The minimum Gasteiger partial charge on any atom is -0.330 e. The second-order valence-corrected chi connectivity index (χ2v) is 4.79. The molecule has 2 aromatic carbocycles. The van der Waals surface area contributed by atoms with Crippen molar-refractivity contribution in [3.05, 3.63) is 70.8 Å². The van der Waals surface area contributed by atoms with Gasteiger partial charge in [0, 0.05) is 12.5 Å². The lowest BCUT2D eigenvalue weighted by Crippen LogP contribution is -2.09. The first kappa shape index (κ1) is 13.7. The Labute approximate surface area is 112 Å². The molecule has 0 amide bonds. The van der Waals surface area contributed by atoms with Crippen LogP contribution in [0.1, 0.15) is 29.5 Å². The topological polar surface area (TPSA) is 26.0 Å². The highest BCUT2D eigenvalue weighted by atomic mass is 19.1. The third-order valence-electron chi connectivity index (χ3n) is 3.28. The van der Waals surface area contributed by atoms with Crippen LogP contribution in [0, 0.1) is 11.6 Å². The molecule has 0 radical (unpaired) electrons. The van der Waals surface area contributed by atoms with E-state index in [0.29, 0.717) is 18.5 Å². The van der Waals surface area contributed by atoms with Crippen LogP contribution in [-0.2, 0) is 6.42 Å². The molecule has 0 spiro atoms. The van der Waals surface area contributed by atoms with E-state index < -0.39 is 11.6 Å². The maximum Gasteiger partial charge on any atom is 0.129 e. The standard InChI is InChI=1S/C16H17F2N/c1-11(10-19)13-4-2-3-12(7-13)8-14-5-6-15(17)9-16(14)18/h2-7,9,11H,8,10,19H2,1H3. The predicted octanol–water partition coefficient (Wildman–Crippen LogP) is 3.62. The normalized spacial score (nSPS) is 12.4. The Morgan fingerprint density at radius 2 is 1.89 bits per heavy atom. The predicted molar refractivity (Wildman–Crippen MR) is 73.1 cm³/mol. The zero-order chi connectivity index (χ0) is 13.8. The molecule has 0 bridgehead atoms. The third kappa shape index (κ3) is 3.38. The third-order valence-corrected chi connectivity index (χ3v) is 3.28. The van der Waals surface area contributed by atoms with E-state index >= 15 is 0 Å². The van der Waals surface area contributed by atoms with Gasteiger partial charge in [0.05, 0.1) is 0 Å². The van der Waals surface area contributed by atoms with Gasteiger partial charge >= 0.3 is 0 Å². The summed E-state index contributed by atoms with van der Waals surface area (Å²) in [5.41, 5.74) is 8.29. The molecule has 1 nitrogen and oxygen atoms in total. The molecule has 0 aromatic heterocycles. The molecule has 2 N–H and O–H groups in total. The van der Waals surface area contributed by atoms with Gasteiger partial charge < -0.3 is 5.73 Å². The van der Waals surface area contributed by atoms with Crippen LogP contribution in [0.25, 0.3) is 0 Å². The van der Waals surface area contributed by atoms with Gasteiger partial charge in [-0.25, -0.2) is 8.78 Å². The van der Waals surface area contributed by atoms with Crippen LogP contribution < -0.4 is 5.73 Å². The molecule has 0 fully saturated rings. The van der Waals surface area contributed by atoms with Gasteiger partial charge in [-0.3, -0.25) is 0 Å². The van der Waals surface area contributed by atoms with Crippen molar-refractivity contribution in [2.24, 2.45) is 5.73 Å². The number of nitrogens with two attached hydrogens (primary N) is 1. The van der Waals surface area contributed by atoms with E-state index in [2.05, 4.69) is 6.92 Å². The number of hydrogen-bond acceptors (Lipinski definition) is 1. The van der Waals surface area contributed by atoms with Crippen molar-refractivity contribution in [3.8, 4) is 0 Å². The van der Waals surface area contributed by atoms with E-state index in [0.717, 1.165) is 17.2 Å². The number of benzene rings is 2. The zero-order valence-electron chi connectivity index (χ0n) is 10.9. The highest BCUT2D eigenvalue weighted by Gasteiger charge is 2.07. The summed E-state index contributed by atoms with van der Waals surface area (Å²) in [6, 6.07) is 11.6. The second kappa shape index (κ2) is 5.93. The Kier molecular flexibility index (Phi) is 4.27. The maximum atomic E-state index is 13.6. The average molecular weight is 261 g/mol. The number of halogens is 2. The van der Waals surface area contributed by atoms with Gasteiger partial charge in [0.25, 0.3) is 0 Å². The molecule has 3 heteroatoms. The van der Waals surface area contributed by atoms with Crippen LogP contribution in [0.3, 0.4) is 0 Å². The van der Waals surface area contributed by atoms with Crippen molar-refractivity contribution in [2.45, 2.75) is 19.3 Å². The van der Waals surface area contributed by atoms with Crippen LogP contribution in [0.15, 0.2) is 42.5 Å². The van der Waals surface area contributed by atoms with E-state index in [1.165, 1.54) is 12.1 Å². The molecular weight excluding hydrogens is 244 g/mol. The van der Waals surface area contributed by atoms with E-state index in [1.54, 1.807) is 0 Å². The first-order valence-electron chi connectivity index (χ1n) is 6.33. The SMILES string of the molecule is CC(CN)c1cccc(Cc2ccc(F)cc2F)c1. The van der Waals surface area contributed by atoms with Gasteiger partial charge in [0.15, 0.2) is 0 Å². The molecule has 0 aliphatic carbocycles. The largest absolute Gasteiger partial charge is 0.330 e. The fourth-order valence-corrected chi connectivity index (χ4v) is 2.03. The summed E-state index contributed by atoms with van der Waals surface area (Å²) in [4.78, 5) is 0. The Morgan fingerprint density at radius 3 is 2.58 bits per heavy atom. The number of hydrogen-bond donors (Lipinski definition) is 1. The molecule has 0 saturated carbocycles. The van der Waals surface area contributed by atoms with Crippen molar-refractivity contribution in [1.82, 2.24) is 0 Å². The summed E-state index contributed by atoms with van der Waals surface area (Å²) in [5.74, 6) is -0.776. The quantitative estimate of drug-likeness (QED) is 0.893. The van der Waals surface area contributed by atoms with Crippen molar-refractivity contribution >= 4 is 0 Å². The zero-order valence-corrected chi connectivity index (χ0v) is 10.9. The molecule has 0 saturated heterocycles. The Hall–Kier alpha value is -1.74. The highest BCUT2D eigenvalue weighted by molar-refractivity contribution is 5.31. The lowest BCUT2D eigenvalue weighted by atomic mass is 9.96. The highest BCUT2D eigenvalue weighted by Crippen LogP contribution is 2.19. The summed E-state index contributed by atoms with van der Waals surface area (Å²) >= 11 is 0. The van der Waals surface area contributed by atoms with Crippen molar-refractivity contribution in [1.29, 1.82) is 0 Å². The van der Waals surface area contributed by atoms with Gasteiger partial charge in [-0.05, 0) is 35.2 Å². The van der Waals surface area contributed by atoms with Crippen LogP contribution in [0.2, 0.25) is 0 Å². The summed E-state index contributed by atoms with van der Waals surface area (Å²) < 4.78 is 26.4. The number of rotatable bonds is 4. The Bertz CT molecular complexity index is 566. The van der Waals surface area contributed by atoms with Crippen LogP contribution >= 0.6 is 0 Å². The first-order chi connectivity index (χ1) is 9.10. The summed E-state index contributed by atoms with van der Waals surface area (Å²) in [6.07, 6.45) is 0.456. The lowest BCUT2D eigenvalue weighted by Gasteiger charge is -2.11. The van der Waals surface area contributed by atoms with Crippen LogP contribution in [0.5, 0.6) is 0 Å². The van der Waals surface area contributed by atoms with Gasteiger partial charge in [-0.15, -0.1) is 0 Å². The monoisotopic (exact) mass is 261 g/mol. The fraction of sp³-hybridized carbons (Fsp3) is 0.250. The molecule has 0 aliphatic rings. The summed E-state index contributed by atoms with van der Waals surface area (Å²) in [5, 5.41) is 0. The van der Waals surface area contributed by atoms with Gasteiger partial charge in [0.2, 0.25) is 0 Å². The average Bonchev–Trinajstić information content (AvgIpc) is 2.41.